The van der Waals surface area contributed by atoms with Gasteiger partial charge in [0.25, 0.3) is 11.8 Å². The lowest BCUT2D eigenvalue weighted by Gasteiger charge is -2.32. The molecule has 2 amide bonds. The van der Waals surface area contributed by atoms with Gasteiger partial charge in [-0.3, -0.25) is 14.5 Å². The quantitative estimate of drug-likeness (QED) is 0.566. The van der Waals surface area contributed by atoms with E-state index in [9.17, 15) is 9.59 Å². The minimum atomic E-state index is -0.197. The van der Waals surface area contributed by atoms with Gasteiger partial charge in [-0.2, -0.15) is 0 Å². The topological polar surface area (TPSA) is 49.9 Å². The number of rotatable bonds is 6. The summed E-state index contributed by atoms with van der Waals surface area (Å²) in [7, 11) is 0. The average Bonchev–Trinajstić information content (AvgIpc) is 3.06. The molecule has 2 aliphatic rings. The van der Waals surface area contributed by atoms with Crippen LogP contribution in [0.1, 0.15) is 38.3 Å². The molecule has 0 N–H and O–H groups in total. The number of nitrogens with zero attached hydrogens (tertiary/aromatic N) is 2. The van der Waals surface area contributed by atoms with Crippen LogP contribution in [0.4, 0.5) is 5.69 Å². The second-order valence-corrected chi connectivity index (χ2v) is 7.96. The van der Waals surface area contributed by atoms with E-state index in [0.717, 1.165) is 36.4 Å². The van der Waals surface area contributed by atoms with E-state index in [1.54, 1.807) is 24.3 Å². The molecule has 31 heavy (non-hydrogen) atoms. The number of benzene rings is 3. The highest BCUT2D eigenvalue weighted by molar-refractivity contribution is 6.21. The van der Waals surface area contributed by atoms with E-state index in [-0.39, 0.29) is 11.8 Å². The maximum absolute atomic E-state index is 12.7. The van der Waals surface area contributed by atoms with Gasteiger partial charge in [0.05, 0.1) is 11.1 Å². The van der Waals surface area contributed by atoms with Gasteiger partial charge in [-0.15, -0.1) is 0 Å². The third kappa shape index (κ3) is 3.79. The summed E-state index contributed by atoms with van der Waals surface area (Å²) in [6, 6.07) is 23.4. The number of carbonyl (C=O) groups excluding carboxylic acids is 2. The first-order valence-corrected chi connectivity index (χ1v) is 10.7. The van der Waals surface area contributed by atoms with Crippen LogP contribution in [0, 0.1) is 0 Å². The van der Waals surface area contributed by atoms with E-state index < -0.39 is 0 Å². The second kappa shape index (κ2) is 8.26. The fourth-order valence-corrected chi connectivity index (χ4v) is 4.36. The summed E-state index contributed by atoms with van der Waals surface area (Å²) < 4.78 is 6.02. The van der Waals surface area contributed by atoms with Crippen LogP contribution in [0.2, 0.25) is 0 Å². The number of imide groups is 1. The fraction of sp³-hybridized carbons (Fsp3) is 0.231. The molecule has 0 radical (unpaired) electrons. The fourth-order valence-electron chi connectivity index (χ4n) is 4.36. The molecule has 2 heterocycles. The van der Waals surface area contributed by atoms with Gasteiger partial charge in [-0.05, 0) is 42.2 Å². The molecule has 0 saturated heterocycles. The van der Waals surface area contributed by atoms with Crippen molar-refractivity contribution < 1.29 is 14.3 Å². The molecule has 5 rings (SSSR count). The summed E-state index contributed by atoms with van der Waals surface area (Å²) >= 11 is 0. The molecule has 0 aliphatic carbocycles. The number of hydrogen-bond acceptors (Lipinski definition) is 4. The number of hydrogen-bond donors (Lipinski definition) is 0. The van der Waals surface area contributed by atoms with Gasteiger partial charge in [-0.25, -0.2) is 0 Å². The highest BCUT2D eigenvalue weighted by Crippen LogP contribution is 2.31. The standard InChI is InChI=1S/C26H24N2O3/c29-25-22-10-4-5-11-23(22)26(30)28(25)16-15-27-14-6-9-20-12-13-21(17-24(20)27)31-18-19-7-2-1-3-8-19/h1-5,7-8,10-13,17H,6,9,14-16,18H2. The van der Waals surface area contributed by atoms with E-state index in [4.69, 9.17) is 4.74 Å². The van der Waals surface area contributed by atoms with Crippen LogP contribution >= 0.6 is 0 Å². The zero-order chi connectivity index (χ0) is 21.2. The van der Waals surface area contributed by atoms with Crippen molar-refractivity contribution in [3.05, 3.63) is 95.1 Å². The molecule has 0 bridgehead atoms. The largest absolute Gasteiger partial charge is 0.489 e. The lowest BCUT2D eigenvalue weighted by Crippen LogP contribution is -2.40. The Morgan fingerprint density at radius 1 is 0.806 bits per heavy atom. The van der Waals surface area contributed by atoms with Crippen LogP contribution in [0.25, 0.3) is 0 Å². The first-order chi connectivity index (χ1) is 15.2. The molecule has 156 valence electrons. The van der Waals surface area contributed by atoms with Crippen LogP contribution in [0.15, 0.2) is 72.8 Å². The van der Waals surface area contributed by atoms with Crippen molar-refractivity contribution in [3.8, 4) is 5.75 Å². The molecule has 5 nitrogen and oxygen atoms in total. The first-order valence-electron chi connectivity index (χ1n) is 10.7. The number of amides is 2. The lowest BCUT2D eigenvalue weighted by molar-refractivity contribution is 0.0658. The molecule has 3 aromatic rings. The first kappa shape index (κ1) is 19.4. The number of ether oxygens (including phenoxy) is 1. The predicted octanol–water partition coefficient (Wildman–Crippen LogP) is 4.31. The Hall–Kier alpha value is -3.60. The van der Waals surface area contributed by atoms with Crippen LogP contribution in [0.5, 0.6) is 5.75 Å². The molecule has 0 fully saturated rings. The van der Waals surface area contributed by atoms with Crippen LogP contribution in [-0.4, -0.2) is 36.3 Å². The Kier molecular flexibility index (Phi) is 5.16. The Morgan fingerprint density at radius 3 is 2.26 bits per heavy atom. The van der Waals surface area contributed by atoms with E-state index in [0.29, 0.717) is 30.8 Å². The molecule has 0 aromatic heterocycles. The van der Waals surface area contributed by atoms with Gasteiger partial charge in [0.2, 0.25) is 0 Å². The van der Waals surface area contributed by atoms with E-state index in [2.05, 4.69) is 17.0 Å². The van der Waals surface area contributed by atoms with E-state index >= 15 is 0 Å². The average molecular weight is 412 g/mol. The molecular weight excluding hydrogens is 388 g/mol. The van der Waals surface area contributed by atoms with Crippen molar-refractivity contribution in [2.75, 3.05) is 24.5 Å². The Morgan fingerprint density at radius 2 is 1.52 bits per heavy atom. The van der Waals surface area contributed by atoms with E-state index in [1.807, 2.05) is 36.4 Å². The molecule has 0 spiro atoms. The van der Waals surface area contributed by atoms with Crippen LogP contribution in [0.3, 0.4) is 0 Å². The summed E-state index contributed by atoms with van der Waals surface area (Å²) in [5.74, 6) is 0.436. The van der Waals surface area contributed by atoms with E-state index in [1.165, 1.54) is 10.5 Å². The summed E-state index contributed by atoms with van der Waals surface area (Å²) in [5, 5.41) is 0. The third-order valence-electron chi connectivity index (χ3n) is 5.99. The molecule has 0 atom stereocenters. The molecule has 0 saturated carbocycles. The number of anilines is 1. The van der Waals surface area contributed by atoms with Gasteiger partial charge in [0.15, 0.2) is 0 Å². The van der Waals surface area contributed by atoms with Crippen molar-refractivity contribution in [2.45, 2.75) is 19.4 Å². The predicted molar refractivity (Wildman–Crippen MR) is 120 cm³/mol. The monoisotopic (exact) mass is 412 g/mol. The summed E-state index contributed by atoms with van der Waals surface area (Å²) in [5.41, 5.74) is 4.54. The molecule has 5 heteroatoms. The SMILES string of the molecule is O=C1c2ccccc2C(=O)N1CCN1CCCc2ccc(OCc3ccccc3)cc21. The van der Waals surface area contributed by atoms with Gasteiger partial charge in [0, 0.05) is 31.4 Å². The highest BCUT2D eigenvalue weighted by atomic mass is 16.5. The number of aryl methyl sites for hydroxylation is 1. The molecule has 0 unspecified atom stereocenters. The van der Waals surface area contributed by atoms with Crippen molar-refractivity contribution >= 4 is 17.5 Å². The normalized spacial score (nSPS) is 15.1. The van der Waals surface area contributed by atoms with Crippen LogP contribution < -0.4 is 9.64 Å². The third-order valence-corrected chi connectivity index (χ3v) is 5.99. The highest BCUT2D eigenvalue weighted by Gasteiger charge is 2.35. The molecule has 3 aromatic carbocycles. The van der Waals surface area contributed by atoms with Crippen molar-refractivity contribution in [2.24, 2.45) is 0 Å². The zero-order valence-corrected chi connectivity index (χ0v) is 17.3. The number of fused-ring (bicyclic) bond motifs is 2. The molecular formula is C26H24N2O3. The lowest BCUT2D eigenvalue weighted by atomic mass is 10.0. The number of carbonyl (C=O) groups is 2. The van der Waals surface area contributed by atoms with Crippen molar-refractivity contribution in [1.82, 2.24) is 4.90 Å². The molecule has 2 aliphatic heterocycles. The Balaban J connectivity index is 1.29. The minimum absolute atomic E-state index is 0.197. The van der Waals surface area contributed by atoms with Gasteiger partial charge < -0.3 is 9.64 Å². The van der Waals surface area contributed by atoms with Crippen molar-refractivity contribution in [3.63, 3.8) is 0 Å². The van der Waals surface area contributed by atoms with Gasteiger partial charge >= 0.3 is 0 Å². The summed E-state index contributed by atoms with van der Waals surface area (Å²) in [4.78, 5) is 29.0. The van der Waals surface area contributed by atoms with Crippen molar-refractivity contribution in [1.29, 1.82) is 0 Å². The Labute approximate surface area is 181 Å². The van der Waals surface area contributed by atoms with Gasteiger partial charge in [0.1, 0.15) is 12.4 Å². The summed E-state index contributed by atoms with van der Waals surface area (Å²) in [6.07, 6.45) is 2.08. The maximum atomic E-state index is 12.7. The Bertz CT molecular complexity index is 1090. The smallest absolute Gasteiger partial charge is 0.261 e. The van der Waals surface area contributed by atoms with Gasteiger partial charge in [-0.1, -0.05) is 48.5 Å². The maximum Gasteiger partial charge on any atom is 0.261 e. The minimum Gasteiger partial charge on any atom is -0.489 e. The second-order valence-electron chi connectivity index (χ2n) is 7.96. The van der Waals surface area contributed by atoms with Crippen LogP contribution in [-0.2, 0) is 13.0 Å². The summed E-state index contributed by atoms with van der Waals surface area (Å²) in [6.45, 7) is 2.41. The zero-order valence-electron chi connectivity index (χ0n) is 17.3.